The van der Waals surface area contributed by atoms with Crippen LogP contribution in [-0.4, -0.2) is 33.2 Å². The summed E-state index contributed by atoms with van der Waals surface area (Å²) in [5.41, 5.74) is 2.24. The van der Waals surface area contributed by atoms with E-state index in [1.54, 1.807) is 17.7 Å². The zero-order valence-electron chi connectivity index (χ0n) is 17.3. The summed E-state index contributed by atoms with van der Waals surface area (Å²) in [6, 6.07) is 5.77. The van der Waals surface area contributed by atoms with Gasteiger partial charge in [-0.25, -0.2) is 15.0 Å². The lowest BCUT2D eigenvalue weighted by Crippen LogP contribution is -2.14. The topological polar surface area (TPSA) is 77.0 Å². The van der Waals surface area contributed by atoms with Gasteiger partial charge in [-0.3, -0.25) is 4.79 Å². The number of carbonyl (C=O) groups excluding carboxylic acids is 1. The minimum Gasteiger partial charge on any atom is -0.494 e. The number of thiazole rings is 1. The third kappa shape index (κ3) is 4.26. The van der Waals surface area contributed by atoms with Gasteiger partial charge < -0.3 is 10.1 Å². The van der Waals surface area contributed by atoms with E-state index < -0.39 is 0 Å². The van der Waals surface area contributed by atoms with Crippen LogP contribution in [0.2, 0.25) is 0 Å². The van der Waals surface area contributed by atoms with E-state index in [1.165, 1.54) is 40.0 Å². The number of aromatic nitrogens is 3. The van der Waals surface area contributed by atoms with Crippen molar-refractivity contribution >= 4 is 65.9 Å². The Morgan fingerprint density at radius 3 is 3.10 bits per heavy atom. The van der Waals surface area contributed by atoms with Crippen molar-refractivity contribution in [2.24, 2.45) is 5.92 Å². The van der Waals surface area contributed by atoms with Gasteiger partial charge in [0, 0.05) is 10.3 Å². The second-order valence-electron chi connectivity index (χ2n) is 7.63. The van der Waals surface area contributed by atoms with Gasteiger partial charge in [-0.05, 0) is 55.9 Å². The first-order chi connectivity index (χ1) is 15.1. The van der Waals surface area contributed by atoms with Gasteiger partial charge in [0.15, 0.2) is 5.13 Å². The van der Waals surface area contributed by atoms with Crippen LogP contribution in [0.4, 0.5) is 5.13 Å². The molecule has 1 atom stereocenters. The molecule has 9 heteroatoms. The quantitative estimate of drug-likeness (QED) is 0.294. The molecule has 160 valence electrons. The van der Waals surface area contributed by atoms with Crippen molar-refractivity contribution in [3.05, 3.63) is 35.0 Å². The number of aryl methyl sites for hydroxylation is 1. The predicted molar refractivity (Wildman–Crippen MR) is 129 cm³/mol. The van der Waals surface area contributed by atoms with Crippen LogP contribution in [-0.2, 0) is 17.6 Å². The number of thiophene rings is 1. The predicted octanol–water partition coefficient (Wildman–Crippen LogP) is 5.56. The van der Waals surface area contributed by atoms with Crippen LogP contribution < -0.4 is 10.1 Å². The molecule has 1 aromatic carbocycles. The lowest BCUT2D eigenvalue weighted by Gasteiger charge is -2.18. The molecule has 0 spiro atoms. The van der Waals surface area contributed by atoms with E-state index in [1.807, 2.05) is 25.1 Å². The second-order valence-corrected chi connectivity index (χ2v) is 10.7. The molecule has 6 nitrogen and oxygen atoms in total. The average Bonchev–Trinajstić information content (AvgIpc) is 3.32. The number of fused-ring (bicyclic) bond motifs is 4. The number of amides is 1. The van der Waals surface area contributed by atoms with Gasteiger partial charge in [-0.2, -0.15) is 0 Å². The highest BCUT2D eigenvalue weighted by Gasteiger charge is 2.23. The number of nitrogens with zero attached hydrogens (tertiary/aromatic N) is 3. The summed E-state index contributed by atoms with van der Waals surface area (Å²) in [6.07, 6.45) is 4.99. The van der Waals surface area contributed by atoms with Crippen LogP contribution in [0.5, 0.6) is 5.75 Å². The summed E-state index contributed by atoms with van der Waals surface area (Å²) in [6.45, 7) is 4.88. The zero-order chi connectivity index (χ0) is 21.4. The molecular formula is C22H22N4O2S3. The molecule has 3 heterocycles. The first-order valence-corrected chi connectivity index (χ1v) is 12.9. The highest BCUT2D eigenvalue weighted by Crippen LogP contribution is 2.40. The van der Waals surface area contributed by atoms with Crippen LogP contribution in [0.15, 0.2) is 29.6 Å². The minimum absolute atomic E-state index is 0.0847. The lowest BCUT2D eigenvalue weighted by molar-refractivity contribution is -0.113. The Kier molecular flexibility index (Phi) is 5.81. The Balaban J connectivity index is 1.30. The van der Waals surface area contributed by atoms with E-state index in [9.17, 15) is 4.79 Å². The maximum Gasteiger partial charge on any atom is 0.236 e. The smallest absolute Gasteiger partial charge is 0.236 e. The average molecular weight is 471 g/mol. The van der Waals surface area contributed by atoms with Crippen LogP contribution >= 0.6 is 34.4 Å². The number of hydrogen-bond acceptors (Lipinski definition) is 8. The maximum absolute atomic E-state index is 12.6. The van der Waals surface area contributed by atoms with Crippen molar-refractivity contribution in [1.82, 2.24) is 15.0 Å². The molecule has 3 aromatic heterocycles. The number of benzene rings is 1. The van der Waals surface area contributed by atoms with Crippen LogP contribution in [0.3, 0.4) is 0 Å². The van der Waals surface area contributed by atoms with Gasteiger partial charge in [0.2, 0.25) is 5.91 Å². The second kappa shape index (κ2) is 8.72. The number of carbonyl (C=O) groups is 1. The first kappa shape index (κ1) is 20.7. The Hall–Kier alpha value is -2.23. The summed E-state index contributed by atoms with van der Waals surface area (Å²) in [5.74, 6) is 1.73. The van der Waals surface area contributed by atoms with Gasteiger partial charge in [0.25, 0.3) is 0 Å². The molecule has 1 aliphatic carbocycles. The third-order valence-corrected chi connectivity index (χ3v) is 8.40. The Morgan fingerprint density at radius 2 is 2.23 bits per heavy atom. The number of ether oxygens (including phenoxy) is 1. The number of thioether (sulfide) groups is 1. The molecule has 0 saturated carbocycles. The number of anilines is 1. The standard InChI is InChI=1S/C22H22N4O2S3/c1-3-28-13-5-7-15-17(9-13)31-22(25-15)26-18(27)10-29-20-19-14-6-4-12(2)8-16(14)30-21(19)24-11-23-20/h5,7,9,11-12H,3-4,6,8,10H2,1-2H3,(H,25,26,27)/t12-/m0/s1. The summed E-state index contributed by atoms with van der Waals surface area (Å²) in [7, 11) is 0. The Morgan fingerprint density at radius 1 is 1.32 bits per heavy atom. The highest BCUT2D eigenvalue weighted by molar-refractivity contribution is 8.00. The number of nitrogens with one attached hydrogen (secondary N) is 1. The van der Waals surface area contributed by atoms with Crippen LogP contribution in [0, 0.1) is 5.92 Å². The van der Waals surface area contributed by atoms with Crippen molar-refractivity contribution in [2.75, 3.05) is 17.7 Å². The first-order valence-electron chi connectivity index (χ1n) is 10.3. The highest BCUT2D eigenvalue weighted by atomic mass is 32.2. The van der Waals surface area contributed by atoms with E-state index in [-0.39, 0.29) is 11.7 Å². The maximum atomic E-state index is 12.6. The molecule has 1 aliphatic rings. The molecule has 0 radical (unpaired) electrons. The van der Waals surface area contributed by atoms with Crippen molar-refractivity contribution < 1.29 is 9.53 Å². The molecular weight excluding hydrogens is 448 g/mol. The molecule has 5 rings (SSSR count). The summed E-state index contributed by atoms with van der Waals surface area (Å²) in [4.78, 5) is 28.6. The third-order valence-electron chi connectivity index (χ3n) is 5.31. The van der Waals surface area contributed by atoms with Gasteiger partial charge in [-0.15, -0.1) is 11.3 Å². The molecule has 0 fully saturated rings. The van der Waals surface area contributed by atoms with Crippen LogP contribution in [0.25, 0.3) is 20.4 Å². The van der Waals surface area contributed by atoms with Crippen molar-refractivity contribution in [3.8, 4) is 5.75 Å². The fourth-order valence-corrected chi connectivity index (χ4v) is 7.01. The van der Waals surface area contributed by atoms with Gasteiger partial charge in [0.1, 0.15) is 21.9 Å². The van der Waals surface area contributed by atoms with Gasteiger partial charge in [-0.1, -0.05) is 30.0 Å². The lowest BCUT2D eigenvalue weighted by atomic mass is 9.89. The number of hydrogen-bond donors (Lipinski definition) is 1. The normalized spacial score (nSPS) is 15.9. The monoisotopic (exact) mass is 470 g/mol. The van der Waals surface area contributed by atoms with Crippen LogP contribution in [0.1, 0.15) is 30.7 Å². The summed E-state index contributed by atoms with van der Waals surface area (Å²) >= 11 is 4.70. The largest absolute Gasteiger partial charge is 0.494 e. The van der Waals surface area contributed by atoms with E-state index in [0.717, 1.165) is 44.1 Å². The van der Waals surface area contributed by atoms with Crippen molar-refractivity contribution in [1.29, 1.82) is 0 Å². The summed E-state index contributed by atoms with van der Waals surface area (Å²) in [5, 5.41) is 5.58. The molecule has 31 heavy (non-hydrogen) atoms. The molecule has 0 bridgehead atoms. The minimum atomic E-state index is -0.0847. The zero-order valence-corrected chi connectivity index (χ0v) is 19.8. The van der Waals surface area contributed by atoms with E-state index in [2.05, 4.69) is 27.2 Å². The molecule has 0 saturated heterocycles. The summed E-state index contributed by atoms with van der Waals surface area (Å²) < 4.78 is 6.53. The van der Waals surface area contributed by atoms with E-state index in [4.69, 9.17) is 4.74 Å². The molecule has 1 amide bonds. The van der Waals surface area contributed by atoms with Crippen molar-refractivity contribution in [3.63, 3.8) is 0 Å². The molecule has 1 N–H and O–H groups in total. The van der Waals surface area contributed by atoms with E-state index in [0.29, 0.717) is 17.7 Å². The molecule has 0 aliphatic heterocycles. The van der Waals surface area contributed by atoms with Gasteiger partial charge in [0.05, 0.1) is 22.6 Å². The fraction of sp³-hybridized carbons (Fsp3) is 0.364. The number of rotatable bonds is 6. The Labute approximate surface area is 192 Å². The molecule has 4 aromatic rings. The van der Waals surface area contributed by atoms with Crippen molar-refractivity contribution in [2.45, 2.75) is 38.1 Å². The fourth-order valence-electron chi connectivity index (χ4n) is 3.86. The Bertz CT molecular complexity index is 1270. The van der Waals surface area contributed by atoms with E-state index >= 15 is 0 Å². The van der Waals surface area contributed by atoms with Gasteiger partial charge >= 0.3 is 0 Å². The SMILES string of the molecule is CCOc1ccc2nc(NC(=O)CSc3ncnc4sc5c(c34)CC[C@H](C)C5)sc2c1. The molecule has 0 unspecified atom stereocenters.